The van der Waals surface area contributed by atoms with Gasteiger partial charge in [0.15, 0.2) is 0 Å². The number of benzene rings is 1. The molecular formula is C17H16Cl5F3N2O. The molecule has 1 amide bonds. The van der Waals surface area contributed by atoms with Crippen LogP contribution in [0.25, 0.3) is 0 Å². The Bertz CT molecular complexity index is 773. The summed E-state index contributed by atoms with van der Waals surface area (Å²) in [6, 6.07) is 4.68. The molecule has 1 fully saturated rings. The lowest BCUT2D eigenvalue weighted by atomic mass is 10.1. The number of amides is 1. The standard InChI is InChI=1S/C17H16Cl5F3N2O/c1-15(2)9(7-11(18)19)12(15)13(28)27-14(16(20,21)22)26-10-6-4-3-5-8(10)17(23,24)25/h3-7,9,12,14,26H,1-2H3,(H,27,28). The third-order valence-electron chi connectivity index (χ3n) is 4.64. The van der Waals surface area contributed by atoms with E-state index in [-0.39, 0.29) is 16.1 Å². The highest BCUT2D eigenvalue weighted by molar-refractivity contribution is 6.68. The monoisotopic (exact) mass is 496 g/mol. The Morgan fingerprint density at radius 2 is 1.75 bits per heavy atom. The van der Waals surface area contributed by atoms with Crippen molar-refractivity contribution < 1.29 is 18.0 Å². The quantitative estimate of drug-likeness (QED) is 0.358. The fourth-order valence-corrected chi connectivity index (χ4v) is 3.67. The summed E-state index contributed by atoms with van der Waals surface area (Å²) in [6.45, 7) is 3.65. The largest absolute Gasteiger partial charge is 0.418 e. The average molecular weight is 499 g/mol. The van der Waals surface area contributed by atoms with Crippen molar-refractivity contribution in [2.45, 2.75) is 30.0 Å². The van der Waals surface area contributed by atoms with E-state index in [1.165, 1.54) is 24.3 Å². The first kappa shape index (κ1) is 23.7. The molecule has 1 aliphatic rings. The van der Waals surface area contributed by atoms with Crippen LogP contribution in [0.3, 0.4) is 0 Å². The zero-order chi connectivity index (χ0) is 21.5. The molecule has 0 bridgehead atoms. The second-order valence-electron chi connectivity index (χ2n) is 6.95. The van der Waals surface area contributed by atoms with Crippen molar-refractivity contribution in [2.24, 2.45) is 17.3 Å². The number of hydrogen-bond acceptors (Lipinski definition) is 2. The van der Waals surface area contributed by atoms with E-state index in [1.54, 1.807) is 0 Å². The van der Waals surface area contributed by atoms with Gasteiger partial charge in [0.2, 0.25) is 9.70 Å². The molecule has 156 valence electrons. The Labute approximate surface area is 185 Å². The number of nitrogens with one attached hydrogen (secondary N) is 2. The Morgan fingerprint density at radius 3 is 2.25 bits per heavy atom. The van der Waals surface area contributed by atoms with Crippen LogP contribution in [-0.2, 0) is 11.0 Å². The van der Waals surface area contributed by atoms with Crippen LogP contribution in [0.4, 0.5) is 18.9 Å². The molecule has 28 heavy (non-hydrogen) atoms. The highest BCUT2D eigenvalue weighted by Crippen LogP contribution is 2.59. The second-order valence-corrected chi connectivity index (χ2v) is 10.3. The maximum Gasteiger partial charge on any atom is 0.418 e. The zero-order valence-corrected chi connectivity index (χ0v) is 18.3. The van der Waals surface area contributed by atoms with E-state index in [4.69, 9.17) is 58.0 Å². The van der Waals surface area contributed by atoms with Crippen molar-refractivity contribution in [3.05, 3.63) is 40.4 Å². The number of rotatable bonds is 5. The maximum atomic E-state index is 13.2. The van der Waals surface area contributed by atoms with Gasteiger partial charge in [0, 0.05) is 5.69 Å². The van der Waals surface area contributed by atoms with Gasteiger partial charge in [0.05, 0.1) is 11.5 Å². The van der Waals surface area contributed by atoms with Gasteiger partial charge in [0.1, 0.15) is 10.7 Å². The van der Waals surface area contributed by atoms with Crippen LogP contribution in [0.15, 0.2) is 34.8 Å². The van der Waals surface area contributed by atoms with Crippen LogP contribution >= 0.6 is 58.0 Å². The molecule has 2 N–H and O–H groups in total. The fraction of sp³-hybridized carbons (Fsp3) is 0.471. The van der Waals surface area contributed by atoms with Crippen molar-refractivity contribution in [3.8, 4) is 0 Å². The molecule has 1 saturated carbocycles. The second kappa shape index (κ2) is 8.31. The molecule has 0 heterocycles. The predicted molar refractivity (Wildman–Crippen MR) is 108 cm³/mol. The minimum atomic E-state index is -4.63. The molecule has 3 atom stereocenters. The summed E-state index contributed by atoms with van der Waals surface area (Å²) in [4.78, 5) is 12.7. The summed E-state index contributed by atoms with van der Waals surface area (Å²) < 4.78 is 37.5. The van der Waals surface area contributed by atoms with Gasteiger partial charge < -0.3 is 10.6 Å². The van der Waals surface area contributed by atoms with Gasteiger partial charge in [-0.05, 0) is 29.5 Å². The summed E-state index contributed by atoms with van der Waals surface area (Å²) in [6.07, 6.45) is -4.51. The molecule has 0 saturated heterocycles. The molecule has 0 spiro atoms. The lowest BCUT2D eigenvalue weighted by Gasteiger charge is -2.29. The Hall–Kier alpha value is -0.530. The van der Waals surface area contributed by atoms with E-state index in [0.717, 1.165) is 6.07 Å². The summed E-state index contributed by atoms with van der Waals surface area (Å²) in [5.41, 5.74) is -1.74. The molecule has 1 aromatic carbocycles. The Balaban J connectivity index is 2.24. The number of carbonyl (C=O) groups is 1. The number of halogens is 8. The van der Waals surface area contributed by atoms with Gasteiger partial charge in [-0.2, -0.15) is 13.2 Å². The van der Waals surface area contributed by atoms with E-state index in [1.807, 2.05) is 13.8 Å². The Morgan fingerprint density at radius 1 is 1.18 bits per heavy atom. The van der Waals surface area contributed by atoms with E-state index < -0.39 is 38.9 Å². The summed E-state index contributed by atoms with van der Waals surface area (Å²) in [5, 5.41) is 4.95. The minimum Gasteiger partial charge on any atom is -0.361 e. The van der Waals surface area contributed by atoms with E-state index in [0.29, 0.717) is 0 Å². The molecule has 3 nitrogen and oxygen atoms in total. The first-order valence-electron chi connectivity index (χ1n) is 7.98. The Kier molecular flexibility index (Phi) is 7.04. The van der Waals surface area contributed by atoms with E-state index >= 15 is 0 Å². The van der Waals surface area contributed by atoms with Crippen LogP contribution in [0.1, 0.15) is 19.4 Å². The first-order chi connectivity index (χ1) is 12.7. The lowest BCUT2D eigenvalue weighted by Crippen LogP contribution is -2.50. The van der Waals surface area contributed by atoms with Gasteiger partial charge in [-0.1, -0.05) is 84.0 Å². The van der Waals surface area contributed by atoms with E-state index in [2.05, 4.69) is 10.6 Å². The molecule has 3 unspecified atom stereocenters. The molecule has 0 aromatic heterocycles. The molecule has 1 aromatic rings. The molecule has 11 heteroatoms. The summed E-state index contributed by atoms with van der Waals surface area (Å²) in [5.74, 6) is -1.29. The van der Waals surface area contributed by atoms with Crippen LogP contribution in [0.5, 0.6) is 0 Å². The predicted octanol–water partition coefficient (Wildman–Crippen LogP) is 6.52. The van der Waals surface area contributed by atoms with Gasteiger partial charge in [-0.15, -0.1) is 0 Å². The number of hydrogen-bond donors (Lipinski definition) is 2. The third kappa shape index (κ3) is 5.54. The van der Waals surface area contributed by atoms with Crippen molar-refractivity contribution in [1.82, 2.24) is 5.32 Å². The highest BCUT2D eigenvalue weighted by atomic mass is 35.6. The van der Waals surface area contributed by atoms with Crippen LogP contribution in [0, 0.1) is 17.3 Å². The third-order valence-corrected chi connectivity index (χ3v) is 5.55. The van der Waals surface area contributed by atoms with Crippen molar-refractivity contribution in [2.75, 3.05) is 5.32 Å². The van der Waals surface area contributed by atoms with Crippen molar-refractivity contribution in [1.29, 1.82) is 0 Å². The average Bonchev–Trinajstić information content (AvgIpc) is 3.04. The highest BCUT2D eigenvalue weighted by Gasteiger charge is 2.61. The fourth-order valence-electron chi connectivity index (χ4n) is 3.07. The lowest BCUT2D eigenvalue weighted by molar-refractivity contribution is -0.137. The van der Waals surface area contributed by atoms with Crippen molar-refractivity contribution in [3.63, 3.8) is 0 Å². The van der Waals surface area contributed by atoms with Gasteiger partial charge in [0.25, 0.3) is 0 Å². The van der Waals surface area contributed by atoms with Gasteiger partial charge in [-0.3, -0.25) is 4.79 Å². The summed E-state index contributed by atoms with van der Waals surface area (Å²) in [7, 11) is 0. The molecule has 0 aliphatic heterocycles. The number of anilines is 1. The minimum absolute atomic E-state index is 0.0172. The topological polar surface area (TPSA) is 41.1 Å². The number of para-hydroxylation sites is 1. The van der Waals surface area contributed by atoms with E-state index in [9.17, 15) is 18.0 Å². The smallest absolute Gasteiger partial charge is 0.361 e. The van der Waals surface area contributed by atoms with Crippen LogP contribution in [0.2, 0.25) is 0 Å². The van der Waals surface area contributed by atoms with Gasteiger partial charge >= 0.3 is 6.18 Å². The molecule has 2 rings (SSSR count). The zero-order valence-electron chi connectivity index (χ0n) is 14.6. The van der Waals surface area contributed by atoms with Crippen LogP contribution < -0.4 is 10.6 Å². The number of alkyl halides is 6. The first-order valence-corrected chi connectivity index (χ1v) is 9.87. The number of allylic oxidation sites excluding steroid dienone is 1. The molecular weight excluding hydrogens is 482 g/mol. The maximum absolute atomic E-state index is 13.2. The van der Waals surface area contributed by atoms with Gasteiger partial charge in [-0.25, -0.2) is 0 Å². The summed E-state index contributed by atoms with van der Waals surface area (Å²) >= 11 is 29.0. The molecule has 1 aliphatic carbocycles. The van der Waals surface area contributed by atoms with Crippen LogP contribution in [-0.4, -0.2) is 15.9 Å². The number of carbonyl (C=O) groups excluding carboxylic acids is 1. The van der Waals surface area contributed by atoms with Crippen molar-refractivity contribution >= 4 is 69.6 Å². The molecule has 0 radical (unpaired) electrons. The SMILES string of the molecule is CC1(C)C(C=C(Cl)Cl)C1C(=O)NC(Nc1ccccc1C(F)(F)F)C(Cl)(Cl)Cl. The normalized spacial score (nSPS) is 22.2.